The highest BCUT2D eigenvalue weighted by Gasteiger charge is 2.36. The van der Waals surface area contributed by atoms with Crippen molar-refractivity contribution in [3.63, 3.8) is 0 Å². The van der Waals surface area contributed by atoms with Gasteiger partial charge >= 0.3 is 12.2 Å². The molecule has 1 N–H and O–H groups in total. The van der Waals surface area contributed by atoms with Crippen LogP contribution in [0.5, 0.6) is 0 Å². The summed E-state index contributed by atoms with van der Waals surface area (Å²) >= 11 is 0. The molecule has 0 aromatic rings. The van der Waals surface area contributed by atoms with Crippen molar-refractivity contribution in [2.24, 2.45) is 5.92 Å². The molecule has 15 heavy (non-hydrogen) atoms. The number of amides is 2. The molecule has 0 aromatic carbocycles. The highest BCUT2D eigenvalue weighted by atomic mass is 19.4. The number of halogens is 3. The van der Waals surface area contributed by atoms with Gasteiger partial charge in [0.15, 0.2) is 0 Å². The second kappa shape index (κ2) is 4.72. The van der Waals surface area contributed by atoms with Crippen LogP contribution < -0.4 is 5.32 Å². The van der Waals surface area contributed by atoms with Crippen molar-refractivity contribution in [1.82, 2.24) is 10.2 Å². The van der Waals surface area contributed by atoms with Gasteiger partial charge in [-0.25, -0.2) is 4.79 Å². The minimum atomic E-state index is -4.24. The average Bonchev–Trinajstić information content (AvgIpc) is 2.64. The number of hydrogen-bond acceptors (Lipinski definition) is 1. The van der Waals surface area contributed by atoms with E-state index in [1.54, 1.807) is 4.90 Å². The molecule has 1 heterocycles. The van der Waals surface area contributed by atoms with Crippen LogP contribution in [0.25, 0.3) is 0 Å². The number of nitrogens with zero attached hydrogens (tertiary/aromatic N) is 1. The number of nitrogens with one attached hydrogen (secondary N) is 1. The fourth-order valence-electron chi connectivity index (χ4n) is 1.39. The van der Waals surface area contributed by atoms with E-state index in [4.69, 9.17) is 0 Å². The zero-order chi connectivity index (χ0) is 11.5. The number of carbonyl (C=O) groups is 1. The molecule has 3 nitrogen and oxygen atoms in total. The maximum atomic E-state index is 12.1. The first-order valence-electron chi connectivity index (χ1n) is 5.00. The van der Waals surface area contributed by atoms with Crippen molar-refractivity contribution in [3.8, 4) is 0 Å². The van der Waals surface area contributed by atoms with E-state index in [-0.39, 0.29) is 12.6 Å². The monoisotopic (exact) mass is 224 g/mol. The van der Waals surface area contributed by atoms with E-state index in [0.29, 0.717) is 13.1 Å². The van der Waals surface area contributed by atoms with Gasteiger partial charge in [0.05, 0.1) is 5.92 Å². The molecule has 0 radical (unpaired) electrons. The zero-order valence-corrected chi connectivity index (χ0v) is 8.60. The molecule has 0 spiro atoms. The Kier molecular flexibility index (Phi) is 3.82. The molecule has 1 unspecified atom stereocenters. The first-order valence-corrected chi connectivity index (χ1v) is 5.00. The topological polar surface area (TPSA) is 32.3 Å². The predicted octanol–water partition coefficient (Wildman–Crippen LogP) is 1.99. The molecule has 0 aromatic heterocycles. The molecule has 0 bridgehead atoms. The Morgan fingerprint density at radius 3 is 2.40 bits per heavy atom. The third-order valence-corrected chi connectivity index (χ3v) is 2.51. The van der Waals surface area contributed by atoms with Gasteiger partial charge < -0.3 is 10.2 Å². The summed E-state index contributed by atoms with van der Waals surface area (Å²) < 4.78 is 36.3. The summed E-state index contributed by atoms with van der Waals surface area (Å²) in [6.45, 7) is 2.00. The second-order valence-electron chi connectivity index (χ2n) is 3.82. The Morgan fingerprint density at radius 2 is 1.93 bits per heavy atom. The number of hydrogen-bond donors (Lipinski definition) is 1. The normalized spacial score (nSPS) is 19.1. The lowest BCUT2D eigenvalue weighted by Crippen LogP contribution is -2.42. The minimum Gasteiger partial charge on any atom is -0.337 e. The third kappa shape index (κ3) is 3.60. The summed E-state index contributed by atoms with van der Waals surface area (Å²) in [4.78, 5) is 12.9. The van der Waals surface area contributed by atoms with E-state index in [0.717, 1.165) is 19.8 Å². The molecular weight excluding hydrogens is 209 g/mol. The second-order valence-corrected chi connectivity index (χ2v) is 3.82. The first kappa shape index (κ1) is 12.1. The first-order chi connectivity index (χ1) is 6.91. The van der Waals surface area contributed by atoms with Gasteiger partial charge in [0.25, 0.3) is 0 Å². The van der Waals surface area contributed by atoms with E-state index in [9.17, 15) is 18.0 Å². The van der Waals surface area contributed by atoms with Crippen molar-refractivity contribution < 1.29 is 18.0 Å². The molecule has 1 atom stereocenters. The number of alkyl halides is 3. The van der Waals surface area contributed by atoms with E-state index < -0.39 is 12.1 Å². The van der Waals surface area contributed by atoms with Gasteiger partial charge in [0.1, 0.15) is 0 Å². The van der Waals surface area contributed by atoms with Crippen LogP contribution in [0.2, 0.25) is 0 Å². The lowest BCUT2D eigenvalue weighted by atomic mass is 10.2. The molecule has 0 saturated carbocycles. The predicted molar refractivity (Wildman–Crippen MR) is 49.4 cm³/mol. The smallest absolute Gasteiger partial charge is 0.337 e. The van der Waals surface area contributed by atoms with Crippen molar-refractivity contribution in [2.45, 2.75) is 25.9 Å². The van der Waals surface area contributed by atoms with Crippen molar-refractivity contribution in [1.29, 1.82) is 0 Å². The molecule has 2 amide bonds. The van der Waals surface area contributed by atoms with Crippen LogP contribution in [0.15, 0.2) is 0 Å². The maximum Gasteiger partial charge on any atom is 0.393 e. The summed E-state index contributed by atoms with van der Waals surface area (Å²) in [7, 11) is 0. The zero-order valence-electron chi connectivity index (χ0n) is 8.60. The number of likely N-dealkylation sites (tertiary alicyclic amines) is 1. The van der Waals surface area contributed by atoms with Crippen molar-refractivity contribution >= 4 is 6.03 Å². The quantitative estimate of drug-likeness (QED) is 0.764. The fraction of sp³-hybridized carbons (Fsp3) is 0.889. The highest BCUT2D eigenvalue weighted by molar-refractivity contribution is 5.74. The van der Waals surface area contributed by atoms with Crippen LogP contribution in [0.4, 0.5) is 18.0 Å². The van der Waals surface area contributed by atoms with Gasteiger partial charge in [0.2, 0.25) is 0 Å². The van der Waals surface area contributed by atoms with Gasteiger partial charge in [-0.2, -0.15) is 13.2 Å². The Bertz CT molecular complexity index is 224. The average molecular weight is 224 g/mol. The Balaban J connectivity index is 2.27. The molecule has 1 aliphatic heterocycles. The van der Waals surface area contributed by atoms with Gasteiger partial charge in [-0.3, -0.25) is 0 Å². The van der Waals surface area contributed by atoms with Gasteiger partial charge in [-0.05, 0) is 12.8 Å². The fourth-order valence-corrected chi connectivity index (χ4v) is 1.39. The summed E-state index contributed by atoms with van der Waals surface area (Å²) in [5.41, 5.74) is 0. The van der Waals surface area contributed by atoms with E-state index >= 15 is 0 Å². The van der Waals surface area contributed by atoms with Gasteiger partial charge in [0, 0.05) is 19.6 Å². The standard InChI is InChI=1S/C9H15F3N2O/c1-7(9(10,11)12)6-13-8(15)14-4-2-3-5-14/h7H,2-6H2,1H3,(H,13,15). The van der Waals surface area contributed by atoms with E-state index in [2.05, 4.69) is 5.32 Å². The summed E-state index contributed by atoms with van der Waals surface area (Å²) in [5, 5.41) is 2.30. The summed E-state index contributed by atoms with van der Waals surface area (Å²) in [6, 6.07) is -0.386. The Labute approximate surface area is 86.6 Å². The molecule has 1 saturated heterocycles. The van der Waals surface area contributed by atoms with Crippen LogP contribution >= 0.6 is 0 Å². The van der Waals surface area contributed by atoms with Crippen LogP contribution in [-0.4, -0.2) is 36.7 Å². The highest BCUT2D eigenvalue weighted by Crippen LogP contribution is 2.24. The molecule has 88 valence electrons. The minimum absolute atomic E-state index is 0.348. The van der Waals surface area contributed by atoms with E-state index in [1.807, 2.05) is 0 Å². The van der Waals surface area contributed by atoms with Crippen LogP contribution in [-0.2, 0) is 0 Å². The molecular formula is C9H15F3N2O. The van der Waals surface area contributed by atoms with Crippen LogP contribution in [0, 0.1) is 5.92 Å². The summed E-state index contributed by atoms with van der Waals surface area (Å²) in [5.74, 6) is -1.50. The largest absolute Gasteiger partial charge is 0.393 e. The molecule has 1 fully saturated rings. The van der Waals surface area contributed by atoms with Crippen molar-refractivity contribution in [2.75, 3.05) is 19.6 Å². The molecule has 6 heteroatoms. The number of carbonyl (C=O) groups excluding carboxylic acids is 1. The molecule has 1 rings (SSSR count). The number of urea groups is 1. The molecule has 1 aliphatic rings. The molecule has 0 aliphatic carbocycles. The maximum absolute atomic E-state index is 12.1. The lowest BCUT2D eigenvalue weighted by molar-refractivity contribution is -0.167. The lowest BCUT2D eigenvalue weighted by Gasteiger charge is -2.20. The van der Waals surface area contributed by atoms with Gasteiger partial charge in [-0.15, -0.1) is 0 Å². The Hall–Kier alpha value is -0.940. The van der Waals surface area contributed by atoms with E-state index in [1.165, 1.54) is 0 Å². The van der Waals surface area contributed by atoms with Gasteiger partial charge in [-0.1, -0.05) is 6.92 Å². The Morgan fingerprint density at radius 1 is 1.40 bits per heavy atom. The third-order valence-electron chi connectivity index (χ3n) is 2.51. The van der Waals surface area contributed by atoms with Crippen molar-refractivity contribution in [3.05, 3.63) is 0 Å². The number of rotatable bonds is 2. The van der Waals surface area contributed by atoms with Crippen LogP contribution in [0.1, 0.15) is 19.8 Å². The summed E-state index contributed by atoms with van der Waals surface area (Å²) in [6.07, 6.45) is -2.37. The van der Waals surface area contributed by atoms with Crippen LogP contribution in [0.3, 0.4) is 0 Å². The SMILES string of the molecule is CC(CNC(=O)N1CCCC1)C(F)(F)F.